The molecule has 2 aromatic carbocycles. The smallest absolute Gasteiger partial charge is 0.255 e. The molecule has 0 fully saturated rings. The number of para-hydroxylation sites is 1. The van der Waals surface area contributed by atoms with E-state index in [1.807, 2.05) is 43.3 Å². The minimum absolute atomic E-state index is 0.305. The van der Waals surface area contributed by atoms with Crippen LogP contribution >= 0.6 is 0 Å². The molecule has 1 atom stereocenters. The first-order chi connectivity index (χ1) is 18.0. The van der Waals surface area contributed by atoms with Gasteiger partial charge in [0.15, 0.2) is 5.82 Å². The van der Waals surface area contributed by atoms with Gasteiger partial charge in [0.25, 0.3) is 5.91 Å². The fourth-order valence-corrected chi connectivity index (χ4v) is 4.36. The highest BCUT2D eigenvalue weighted by molar-refractivity contribution is 6.06. The Labute approximate surface area is 213 Å². The van der Waals surface area contributed by atoms with Gasteiger partial charge in [0.1, 0.15) is 23.3 Å². The van der Waals surface area contributed by atoms with Crippen LogP contribution in [0.15, 0.2) is 78.3 Å². The van der Waals surface area contributed by atoms with Gasteiger partial charge in [-0.25, -0.2) is 4.68 Å². The second-order valence-electron chi connectivity index (χ2n) is 8.27. The lowest BCUT2D eigenvalue weighted by molar-refractivity contribution is -0.113. The maximum Gasteiger partial charge on any atom is 0.255 e. The Bertz CT molecular complexity index is 1480. The molecule has 2 N–H and O–H groups in total. The Morgan fingerprint density at radius 1 is 1.00 bits per heavy atom. The molecule has 1 amide bonds. The van der Waals surface area contributed by atoms with Crippen LogP contribution in [0.1, 0.15) is 18.5 Å². The molecule has 10 heteroatoms. The van der Waals surface area contributed by atoms with Gasteiger partial charge >= 0.3 is 0 Å². The van der Waals surface area contributed by atoms with Gasteiger partial charge in [-0.3, -0.25) is 9.78 Å². The number of nitrogens with one attached hydrogen (secondary N) is 2. The number of hydrogen-bond acceptors (Lipinski definition) is 8. The molecule has 0 spiro atoms. The van der Waals surface area contributed by atoms with Crippen LogP contribution in [-0.2, 0) is 4.79 Å². The molecular weight excluding hydrogens is 472 g/mol. The van der Waals surface area contributed by atoms with E-state index in [0.717, 1.165) is 11.1 Å². The summed E-state index contributed by atoms with van der Waals surface area (Å²) in [7, 11) is 4.77. The Hall–Kier alpha value is -4.86. The summed E-state index contributed by atoms with van der Waals surface area (Å²) in [6, 6.07) is 15.9. The van der Waals surface area contributed by atoms with Crippen LogP contribution < -0.4 is 24.8 Å². The van der Waals surface area contributed by atoms with Gasteiger partial charge in [0, 0.05) is 23.5 Å². The third-order valence-corrected chi connectivity index (χ3v) is 6.10. The average Bonchev–Trinajstić information content (AvgIpc) is 3.35. The number of nitrogens with zero attached hydrogens (tertiary/aromatic N) is 4. The summed E-state index contributed by atoms with van der Waals surface area (Å²) in [5, 5.41) is 11.0. The van der Waals surface area contributed by atoms with Crippen molar-refractivity contribution in [2.24, 2.45) is 0 Å². The minimum atomic E-state index is -0.648. The Kier molecular flexibility index (Phi) is 6.46. The lowest BCUT2D eigenvalue weighted by atomic mass is 9.94. The SMILES string of the molecule is COc1ccc(C2C(C(=O)Nc3cccnc3)=C(C)Nc3nc(-c4ccccc4OC)nn32)c(OC)c1. The Morgan fingerprint density at radius 2 is 1.81 bits per heavy atom. The van der Waals surface area contributed by atoms with Crippen molar-refractivity contribution in [2.75, 3.05) is 32.0 Å². The van der Waals surface area contributed by atoms with E-state index in [-0.39, 0.29) is 5.91 Å². The standard InChI is InChI=1S/C27H26N6O4/c1-16-23(26(34)30-17-8-7-13-28-15-17)24(19-12-11-18(35-2)14-22(19)37-4)33-27(29-16)31-25(32-33)20-9-5-6-10-21(20)36-3/h5-15,24H,1-4H3,(H,30,34)(H,29,31,32). The number of carbonyl (C=O) groups excluding carboxylic acids is 1. The molecule has 2 aromatic heterocycles. The van der Waals surface area contributed by atoms with Crippen LogP contribution in [0, 0.1) is 0 Å². The quantitative estimate of drug-likeness (QED) is 0.388. The maximum atomic E-state index is 13.7. The van der Waals surface area contributed by atoms with Crippen LogP contribution in [0.4, 0.5) is 11.6 Å². The molecule has 10 nitrogen and oxygen atoms in total. The summed E-state index contributed by atoms with van der Waals surface area (Å²) in [6.45, 7) is 1.84. The van der Waals surface area contributed by atoms with Gasteiger partial charge in [-0.2, -0.15) is 4.98 Å². The zero-order valence-electron chi connectivity index (χ0n) is 20.9. The lowest BCUT2D eigenvalue weighted by Crippen LogP contribution is -2.31. The first-order valence-electron chi connectivity index (χ1n) is 11.5. The zero-order chi connectivity index (χ0) is 25.9. The van der Waals surface area contributed by atoms with Gasteiger partial charge in [-0.15, -0.1) is 5.10 Å². The number of fused-ring (bicyclic) bond motifs is 1. The van der Waals surface area contributed by atoms with Crippen molar-refractivity contribution in [3.63, 3.8) is 0 Å². The molecule has 0 aliphatic carbocycles. The number of pyridine rings is 1. The molecule has 5 rings (SSSR count). The monoisotopic (exact) mass is 498 g/mol. The van der Waals surface area contributed by atoms with Crippen molar-refractivity contribution in [1.82, 2.24) is 19.7 Å². The first kappa shape index (κ1) is 23.9. The number of ether oxygens (including phenoxy) is 3. The van der Waals surface area contributed by atoms with E-state index in [1.165, 1.54) is 0 Å². The van der Waals surface area contributed by atoms with Crippen LogP contribution in [0.5, 0.6) is 17.2 Å². The van der Waals surface area contributed by atoms with Gasteiger partial charge in [-0.1, -0.05) is 12.1 Å². The van der Waals surface area contributed by atoms with E-state index in [9.17, 15) is 4.79 Å². The molecule has 0 radical (unpaired) electrons. The van der Waals surface area contributed by atoms with Crippen molar-refractivity contribution < 1.29 is 19.0 Å². The number of hydrogen-bond donors (Lipinski definition) is 2. The average molecular weight is 499 g/mol. The fourth-order valence-electron chi connectivity index (χ4n) is 4.36. The highest BCUT2D eigenvalue weighted by Crippen LogP contribution is 2.42. The topological polar surface area (TPSA) is 112 Å². The molecule has 4 aromatic rings. The van der Waals surface area contributed by atoms with Gasteiger partial charge in [0.2, 0.25) is 5.95 Å². The van der Waals surface area contributed by atoms with Crippen LogP contribution in [-0.4, -0.2) is 47.0 Å². The van der Waals surface area contributed by atoms with E-state index in [2.05, 4.69) is 15.6 Å². The number of allylic oxidation sites excluding steroid dienone is 1. The summed E-state index contributed by atoms with van der Waals surface area (Å²) < 4.78 is 18.3. The van der Waals surface area contributed by atoms with E-state index in [1.54, 1.807) is 56.6 Å². The predicted octanol–water partition coefficient (Wildman–Crippen LogP) is 4.29. The van der Waals surface area contributed by atoms with Crippen LogP contribution in [0.25, 0.3) is 11.4 Å². The predicted molar refractivity (Wildman–Crippen MR) is 139 cm³/mol. The van der Waals surface area contributed by atoms with Crippen molar-refractivity contribution >= 4 is 17.5 Å². The third kappa shape index (κ3) is 4.44. The zero-order valence-corrected chi connectivity index (χ0v) is 20.9. The molecule has 1 aliphatic heterocycles. The summed E-state index contributed by atoms with van der Waals surface area (Å²) in [4.78, 5) is 22.5. The molecule has 3 heterocycles. The molecule has 1 unspecified atom stereocenters. The number of rotatable bonds is 7. The van der Waals surface area contributed by atoms with Crippen LogP contribution in [0.3, 0.4) is 0 Å². The summed E-state index contributed by atoms with van der Waals surface area (Å²) >= 11 is 0. The molecule has 0 saturated carbocycles. The molecule has 37 heavy (non-hydrogen) atoms. The highest BCUT2D eigenvalue weighted by Gasteiger charge is 2.36. The fraction of sp³-hybridized carbons (Fsp3) is 0.185. The highest BCUT2D eigenvalue weighted by atomic mass is 16.5. The summed E-state index contributed by atoms with van der Waals surface area (Å²) in [6.07, 6.45) is 3.24. The van der Waals surface area contributed by atoms with Crippen molar-refractivity contribution in [3.8, 4) is 28.6 Å². The van der Waals surface area contributed by atoms with E-state index >= 15 is 0 Å². The molecule has 1 aliphatic rings. The number of anilines is 2. The summed E-state index contributed by atoms with van der Waals surface area (Å²) in [5.41, 5.74) is 3.12. The van der Waals surface area contributed by atoms with Gasteiger partial charge in [0.05, 0.1) is 44.4 Å². The van der Waals surface area contributed by atoms with Crippen molar-refractivity contribution in [2.45, 2.75) is 13.0 Å². The summed E-state index contributed by atoms with van der Waals surface area (Å²) in [5.74, 6) is 2.46. The first-order valence-corrected chi connectivity index (χ1v) is 11.5. The molecule has 0 bridgehead atoms. The Morgan fingerprint density at radius 3 is 2.54 bits per heavy atom. The molecule has 0 saturated heterocycles. The number of carbonyl (C=O) groups is 1. The van der Waals surface area contributed by atoms with E-state index in [4.69, 9.17) is 24.3 Å². The van der Waals surface area contributed by atoms with Crippen molar-refractivity contribution in [3.05, 3.63) is 83.8 Å². The normalized spacial score (nSPS) is 14.4. The molecule has 188 valence electrons. The maximum absolute atomic E-state index is 13.7. The second kappa shape index (κ2) is 10.0. The largest absolute Gasteiger partial charge is 0.497 e. The van der Waals surface area contributed by atoms with Crippen LogP contribution in [0.2, 0.25) is 0 Å². The second-order valence-corrected chi connectivity index (χ2v) is 8.27. The number of methoxy groups -OCH3 is 3. The van der Waals surface area contributed by atoms with Crippen molar-refractivity contribution in [1.29, 1.82) is 0 Å². The third-order valence-electron chi connectivity index (χ3n) is 6.10. The molecular formula is C27H26N6O4. The number of amides is 1. The number of benzene rings is 2. The van der Waals surface area contributed by atoms with Gasteiger partial charge < -0.3 is 24.8 Å². The van der Waals surface area contributed by atoms with Gasteiger partial charge in [-0.05, 0) is 43.3 Å². The minimum Gasteiger partial charge on any atom is -0.497 e. The van der Waals surface area contributed by atoms with E-state index < -0.39 is 6.04 Å². The van der Waals surface area contributed by atoms with E-state index in [0.29, 0.717) is 46.0 Å². The Balaban J connectivity index is 1.67. The lowest BCUT2D eigenvalue weighted by Gasteiger charge is -2.29. The number of aromatic nitrogens is 4.